The Morgan fingerprint density at radius 1 is 1.16 bits per heavy atom. The number of hydrogen-bond acceptors (Lipinski definition) is 3. The number of nitrogens with zero attached hydrogens (tertiary/aromatic N) is 2. The van der Waals surface area contributed by atoms with Crippen LogP contribution >= 0.6 is 0 Å². The van der Waals surface area contributed by atoms with Crippen LogP contribution in [0.2, 0.25) is 0 Å². The SMILES string of the molecule is N#Cc1c(-c2ccc(NS(=O)C3CC3)cc2)n(CC2CC2)c2cc(OC(F)F)ccc12. The lowest BCUT2D eigenvalue weighted by Gasteiger charge is -2.12. The number of alkyl halides is 2. The zero-order valence-electron chi connectivity index (χ0n) is 16.7. The second-order valence-electron chi connectivity index (χ2n) is 8.12. The van der Waals surface area contributed by atoms with Gasteiger partial charge in [-0.15, -0.1) is 0 Å². The maximum atomic E-state index is 12.7. The molecule has 160 valence electrons. The van der Waals surface area contributed by atoms with E-state index < -0.39 is 17.6 Å². The van der Waals surface area contributed by atoms with Gasteiger partial charge in [0.25, 0.3) is 0 Å². The molecular formula is C23H21F2N3O2S. The third kappa shape index (κ3) is 4.15. The van der Waals surface area contributed by atoms with Crippen LogP contribution < -0.4 is 9.46 Å². The van der Waals surface area contributed by atoms with Crippen LogP contribution in [-0.2, 0) is 17.5 Å². The molecule has 2 aliphatic rings. The number of benzene rings is 2. The van der Waals surface area contributed by atoms with Crippen LogP contribution in [0.1, 0.15) is 31.2 Å². The van der Waals surface area contributed by atoms with Gasteiger partial charge in [0.05, 0.1) is 22.0 Å². The molecular weight excluding hydrogens is 420 g/mol. The molecule has 31 heavy (non-hydrogen) atoms. The summed E-state index contributed by atoms with van der Waals surface area (Å²) < 4.78 is 47.3. The number of hydrogen-bond donors (Lipinski definition) is 1. The molecule has 1 heterocycles. The first kappa shape index (κ1) is 20.0. The molecule has 0 spiro atoms. The lowest BCUT2D eigenvalue weighted by Crippen LogP contribution is -2.08. The number of fused-ring (bicyclic) bond motifs is 1. The Morgan fingerprint density at radius 2 is 1.90 bits per heavy atom. The fourth-order valence-electron chi connectivity index (χ4n) is 3.84. The van der Waals surface area contributed by atoms with E-state index in [2.05, 4.69) is 20.1 Å². The van der Waals surface area contributed by atoms with Crippen molar-refractivity contribution in [1.29, 1.82) is 5.26 Å². The van der Waals surface area contributed by atoms with E-state index in [1.165, 1.54) is 6.07 Å². The number of halogens is 2. The van der Waals surface area contributed by atoms with E-state index >= 15 is 0 Å². The average Bonchev–Trinajstić information content (AvgIpc) is 3.66. The fraction of sp³-hybridized carbons (Fsp3) is 0.348. The number of nitrogens with one attached hydrogen (secondary N) is 1. The number of nitriles is 1. The predicted molar refractivity (Wildman–Crippen MR) is 116 cm³/mol. The lowest BCUT2D eigenvalue weighted by atomic mass is 10.1. The largest absolute Gasteiger partial charge is 0.435 e. The van der Waals surface area contributed by atoms with Crippen molar-refractivity contribution in [3.8, 4) is 23.1 Å². The summed E-state index contributed by atoms with van der Waals surface area (Å²) >= 11 is 0. The molecule has 0 aliphatic heterocycles. The molecule has 0 amide bonds. The number of rotatable bonds is 8. The first-order valence-corrected chi connectivity index (χ1v) is 11.5. The first-order chi connectivity index (χ1) is 15.0. The molecule has 2 fully saturated rings. The molecule has 0 radical (unpaired) electrons. The molecule has 2 aromatic carbocycles. The number of anilines is 1. The molecule has 5 rings (SSSR count). The van der Waals surface area contributed by atoms with Crippen LogP contribution in [0.25, 0.3) is 22.2 Å². The molecule has 2 saturated carbocycles. The highest BCUT2D eigenvalue weighted by Gasteiger charge is 2.29. The van der Waals surface area contributed by atoms with Crippen LogP contribution in [-0.4, -0.2) is 20.6 Å². The van der Waals surface area contributed by atoms with Gasteiger partial charge in [0.1, 0.15) is 22.8 Å². The standard InChI is InChI=1S/C23H21F2N3O2S/c24-23(25)30-17-7-10-19-20(12-26)22(28(21(19)11-17)13-14-1-2-14)15-3-5-16(6-4-15)27-31(29)18-8-9-18/h3-7,10-11,14,18,23,27H,1-2,8-9,13H2. The van der Waals surface area contributed by atoms with Gasteiger partial charge in [-0.05, 0) is 61.4 Å². The highest BCUT2D eigenvalue weighted by atomic mass is 32.2. The first-order valence-electron chi connectivity index (χ1n) is 10.3. The van der Waals surface area contributed by atoms with Crippen LogP contribution in [0.15, 0.2) is 42.5 Å². The van der Waals surface area contributed by atoms with Gasteiger partial charge in [-0.1, -0.05) is 12.1 Å². The Morgan fingerprint density at radius 3 is 2.52 bits per heavy atom. The highest BCUT2D eigenvalue weighted by Crippen LogP contribution is 2.40. The van der Waals surface area contributed by atoms with Crippen molar-refractivity contribution in [2.75, 3.05) is 4.72 Å². The van der Waals surface area contributed by atoms with E-state index in [4.69, 9.17) is 0 Å². The van der Waals surface area contributed by atoms with Gasteiger partial charge >= 0.3 is 6.61 Å². The highest BCUT2D eigenvalue weighted by molar-refractivity contribution is 7.87. The van der Waals surface area contributed by atoms with E-state index in [9.17, 15) is 18.3 Å². The lowest BCUT2D eigenvalue weighted by molar-refractivity contribution is -0.0497. The second-order valence-corrected chi connectivity index (χ2v) is 9.59. The third-order valence-corrected chi connectivity index (χ3v) is 7.23. The van der Waals surface area contributed by atoms with Crippen LogP contribution in [0.4, 0.5) is 14.5 Å². The van der Waals surface area contributed by atoms with E-state index in [0.29, 0.717) is 17.0 Å². The quantitative estimate of drug-likeness (QED) is 0.507. The van der Waals surface area contributed by atoms with Gasteiger partial charge < -0.3 is 14.0 Å². The monoisotopic (exact) mass is 441 g/mol. The maximum Gasteiger partial charge on any atom is 0.387 e. The second kappa shape index (κ2) is 7.97. The molecule has 1 N–H and O–H groups in total. The molecule has 1 aromatic heterocycles. The predicted octanol–water partition coefficient (Wildman–Crippen LogP) is 5.43. The van der Waals surface area contributed by atoms with Crippen molar-refractivity contribution in [3.63, 3.8) is 0 Å². The normalized spacial score (nSPS) is 17.0. The molecule has 1 atom stereocenters. The van der Waals surface area contributed by atoms with E-state index in [1.807, 2.05) is 24.3 Å². The molecule has 8 heteroatoms. The third-order valence-electron chi connectivity index (χ3n) is 5.71. The molecule has 0 bridgehead atoms. The Kier molecular flexibility index (Phi) is 5.14. The van der Waals surface area contributed by atoms with Gasteiger partial charge in [0.15, 0.2) is 0 Å². The molecule has 5 nitrogen and oxygen atoms in total. The average molecular weight is 442 g/mol. The van der Waals surface area contributed by atoms with Crippen LogP contribution in [0.3, 0.4) is 0 Å². The Labute approximate surface area is 181 Å². The summed E-state index contributed by atoms with van der Waals surface area (Å²) in [7, 11) is -1.08. The van der Waals surface area contributed by atoms with E-state index in [-0.39, 0.29) is 11.0 Å². The van der Waals surface area contributed by atoms with E-state index in [1.54, 1.807) is 12.1 Å². The molecule has 3 aromatic rings. The zero-order valence-corrected chi connectivity index (χ0v) is 17.5. The molecule has 1 unspecified atom stereocenters. The Balaban J connectivity index is 1.57. The minimum atomic E-state index is -2.90. The van der Waals surface area contributed by atoms with Gasteiger partial charge in [-0.3, -0.25) is 0 Å². The minimum Gasteiger partial charge on any atom is -0.435 e. The van der Waals surface area contributed by atoms with E-state index in [0.717, 1.165) is 54.6 Å². The zero-order chi connectivity index (χ0) is 21.5. The van der Waals surface area contributed by atoms with Gasteiger partial charge in [-0.25, -0.2) is 4.21 Å². The topological polar surface area (TPSA) is 67.0 Å². The molecule has 0 saturated heterocycles. The van der Waals surface area contributed by atoms with Crippen LogP contribution in [0.5, 0.6) is 5.75 Å². The number of aromatic nitrogens is 1. The van der Waals surface area contributed by atoms with Crippen molar-refractivity contribution in [3.05, 3.63) is 48.0 Å². The van der Waals surface area contributed by atoms with Gasteiger partial charge in [0, 0.05) is 23.7 Å². The summed E-state index contributed by atoms with van der Waals surface area (Å²) in [5.41, 5.74) is 3.63. The summed E-state index contributed by atoms with van der Waals surface area (Å²) in [4.78, 5) is 0. The fourth-order valence-corrected chi connectivity index (χ4v) is 4.94. The minimum absolute atomic E-state index is 0.0789. The van der Waals surface area contributed by atoms with Crippen LogP contribution in [0, 0.1) is 17.2 Å². The Hall–Kier alpha value is -2.92. The maximum absolute atomic E-state index is 12.7. The van der Waals surface area contributed by atoms with Crippen molar-refractivity contribution in [1.82, 2.24) is 4.57 Å². The summed E-state index contributed by atoms with van der Waals surface area (Å²) in [5, 5.41) is 10.9. The van der Waals surface area contributed by atoms with Crippen molar-refractivity contribution < 1.29 is 17.7 Å². The van der Waals surface area contributed by atoms with Gasteiger partial charge in [0.2, 0.25) is 0 Å². The molecule has 2 aliphatic carbocycles. The summed E-state index contributed by atoms with van der Waals surface area (Å²) in [6.45, 7) is -2.18. The van der Waals surface area contributed by atoms with Crippen molar-refractivity contribution in [2.24, 2.45) is 5.92 Å². The Bertz CT molecular complexity index is 1190. The smallest absolute Gasteiger partial charge is 0.387 e. The van der Waals surface area contributed by atoms with Crippen molar-refractivity contribution >= 4 is 27.6 Å². The summed E-state index contributed by atoms with van der Waals surface area (Å²) in [6.07, 6.45) is 4.21. The number of ether oxygens (including phenoxy) is 1. The van der Waals surface area contributed by atoms with Gasteiger partial charge in [-0.2, -0.15) is 14.0 Å². The summed E-state index contributed by atoms with van der Waals surface area (Å²) in [5.74, 6) is 0.595. The summed E-state index contributed by atoms with van der Waals surface area (Å²) in [6, 6.07) is 14.6. The van der Waals surface area contributed by atoms with Crippen molar-refractivity contribution in [2.45, 2.75) is 44.1 Å².